The van der Waals surface area contributed by atoms with Crippen LogP contribution in [-0.2, 0) is 17.8 Å². The maximum atomic E-state index is 13.8. The van der Waals surface area contributed by atoms with Gasteiger partial charge in [-0.3, -0.25) is 0 Å². The van der Waals surface area contributed by atoms with Crippen molar-refractivity contribution >= 4 is 28.6 Å². The lowest BCUT2D eigenvalue weighted by atomic mass is 9.85. The summed E-state index contributed by atoms with van der Waals surface area (Å²) in [5, 5.41) is 0. The normalized spacial score (nSPS) is 19.6. The first-order valence-electron chi connectivity index (χ1n) is 12.1. The summed E-state index contributed by atoms with van der Waals surface area (Å²) < 4.78 is 36.3. The third-order valence-electron chi connectivity index (χ3n) is 7.26. The number of carbonyl (C=O) groups excluding carboxylic acids is 1. The van der Waals surface area contributed by atoms with E-state index in [1.54, 1.807) is 21.3 Å². The van der Waals surface area contributed by atoms with Crippen molar-refractivity contribution in [2.75, 3.05) is 47.8 Å². The molecule has 0 spiro atoms. The molecule has 194 valence electrons. The Morgan fingerprint density at radius 3 is 2.44 bits per heavy atom. The average Bonchev–Trinajstić information content (AvgIpc) is 3.56. The van der Waals surface area contributed by atoms with Crippen LogP contribution in [0.25, 0.3) is 0 Å². The van der Waals surface area contributed by atoms with Crippen LogP contribution >= 0.6 is 22.6 Å². The van der Waals surface area contributed by atoms with Crippen molar-refractivity contribution in [3.8, 4) is 28.7 Å². The molecular weight excluding hydrogens is 579 g/mol. The Labute approximate surface area is 224 Å². The summed E-state index contributed by atoms with van der Waals surface area (Å²) in [4.78, 5) is 17.6. The molecule has 9 nitrogen and oxygen atoms in total. The van der Waals surface area contributed by atoms with E-state index in [-0.39, 0.29) is 12.8 Å². The zero-order valence-electron chi connectivity index (χ0n) is 21.2. The van der Waals surface area contributed by atoms with Crippen molar-refractivity contribution < 1.29 is 33.2 Å². The molecule has 3 aliphatic rings. The van der Waals surface area contributed by atoms with E-state index in [0.717, 1.165) is 25.8 Å². The molecule has 0 fully saturated rings. The van der Waals surface area contributed by atoms with E-state index in [0.29, 0.717) is 61.4 Å². The van der Waals surface area contributed by atoms with Gasteiger partial charge < -0.3 is 38.2 Å². The van der Waals surface area contributed by atoms with Crippen molar-refractivity contribution in [2.24, 2.45) is 0 Å². The molecule has 0 radical (unpaired) electrons. The van der Waals surface area contributed by atoms with Gasteiger partial charge in [-0.2, -0.15) is 0 Å². The van der Waals surface area contributed by atoms with E-state index in [9.17, 15) is 4.79 Å². The minimum Gasteiger partial charge on any atom is -0.493 e. The molecule has 0 aliphatic carbocycles. The van der Waals surface area contributed by atoms with Crippen LogP contribution in [0.4, 0.5) is 4.79 Å². The molecule has 2 amide bonds. The molecule has 0 bridgehead atoms. The SMILES string of the molecule is CCN(CC)C(=O)N1CCc2c(I)c3c(c(OC)c2[C@@H]1[C@H]1OCc2c1ccc(OC)c2OC)OCO3. The largest absolute Gasteiger partial charge is 0.493 e. The molecule has 2 aromatic carbocycles. The Morgan fingerprint density at radius 1 is 1.06 bits per heavy atom. The van der Waals surface area contributed by atoms with Gasteiger partial charge in [-0.05, 0) is 60.1 Å². The van der Waals surface area contributed by atoms with E-state index < -0.39 is 12.1 Å². The van der Waals surface area contributed by atoms with Gasteiger partial charge in [-0.15, -0.1) is 0 Å². The summed E-state index contributed by atoms with van der Waals surface area (Å²) in [5.41, 5.74) is 3.91. The Balaban J connectivity index is 1.72. The number of hydrogen-bond donors (Lipinski definition) is 0. The summed E-state index contributed by atoms with van der Waals surface area (Å²) >= 11 is 2.32. The highest BCUT2D eigenvalue weighted by Crippen LogP contribution is 2.57. The lowest BCUT2D eigenvalue weighted by Crippen LogP contribution is -2.49. The van der Waals surface area contributed by atoms with Gasteiger partial charge in [0.05, 0.1) is 37.5 Å². The van der Waals surface area contributed by atoms with Gasteiger partial charge in [-0.25, -0.2) is 4.79 Å². The average molecular weight is 610 g/mol. The van der Waals surface area contributed by atoms with Crippen LogP contribution in [-0.4, -0.2) is 63.6 Å². The standard InChI is InChI=1S/C26H31IN2O7/c1-6-28(7-2)26(30)29-11-10-15-18(23(33-5)25-24(19(15)27)35-13-36-25)20(29)22-14-8-9-17(31-3)21(32-4)16(14)12-34-22/h8-9,20,22H,6-7,10-13H2,1-5H3/t20-,22+/m1/s1. The van der Waals surface area contributed by atoms with Crippen LogP contribution < -0.4 is 23.7 Å². The van der Waals surface area contributed by atoms with E-state index in [1.165, 1.54) is 0 Å². The predicted octanol–water partition coefficient (Wildman–Crippen LogP) is 4.68. The monoisotopic (exact) mass is 610 g/mol. The van der Waals surface area contributed by atoms with E-state index in [1.807, 2.05) is 35.8 Å². The molecule has 5 rings (SSSR count). The molecule has 0 saturated carbocycles. The predicted molar refractivity (Wildman–Crippen MR) is 140 cm³/mol. The van der Waals surface area contributed by atoms with Crippen LogP contribution in [0.2, 0.25) is 0 Å². The lowest BCUT2D eigenvalue weighted by molar-refractivity contribution is -0.00515. The number of fused-ring (bicyclic) bond motifs is 3. The second kappa shape index (κ2) is 10.0. The molecule has 3 aliphatic heterocycles. The Bertz CT molecular complexity index is 1180. The van der Waals surface area contributed by atoms with E-state index >= 15 is 0 Å². The van der Waals surface area contributed by atoms with E-state index in [2.05, 4.69) is 22.6 Å². The van der Waals surface area contributed by atoms with Crippen molar-refractivity contribution in [2.45, 2.75) is 39.0 Å². The summed E-state index contributed by atoms with van der Waals surface area (Å²) in [6, 6.07) is 3.44. The quantitative estimate of drug-likeness (QED) is 0.440. The van der Waals surface area contributed by atoms with Gasteiger partial charge in [-0.1, -0.05) is 6.07 Å². The Kier molecular flexibility index (Phi) is 6.99. The van der Waals surface area contributed by atoms with Crippen LogP contribution in [0, 0.1) is 3.57 Å². The van der Waals surface area contributed by atoms with Crippen molar-refractivity contribution in [1.82, 2.24) is 9.80 Å². The van der Waals surface area contributed by atoms with Gasteiger partial charge in [0.2, 0.25) is 12.5 Å². The summed E-state index contributed by atoms with van der Waals surface area (Å²) in [5.74, 6) is 3.18. The second-order valence-electron chi connectivity index (χ2n) is 8.75. The molecule has 0 N–H and O–H groups in total. The zero-order valence-corrected chi connectivity index (χ0v) is 23.3. The van der Waals surface area contributed by atoms with Gasteiger partial charge in [0.15, 0.2) is 23.0 Å². The number of amides is 2. The van der Waals surface area contributed by atoms with E-state index in [4.69, 9.17) is 28.4 Å². The zero-order chi connectivity index (χ0) is 25.6. The van der Waals surface area contributed by atoms with Crippen LogP contribution in [0.3, 0.4) is 0 Å². The highest BCUT2D eigenvalue weighted by molar-refractivity contribution is 14.1. The molecule has 3 heterocycles. The van der Waals surface area contributed by atoms with Crippen molar-refractivity contribution in [3.05, 3.63) is 38.0 Å². The van der Waals surface area contributed by atoms with Gasteiger partial charge in [0, 0.05) is 30.8 Å². The van der Waals surface area contributed by atoms with Crippen LogP contribution in [0.5, 0.6) is 28.7 Å². The number of carbonyl (C=O) groups is 1. The summed E-state index contributed by atoms with van der Waals surface area (Å²) in [6.07, 6.45) is 0.249. The molecule has 0 aromatic heterocycles. The fraction of sp³-hybridized carbons (Fsp3) is 0.500. The minimum atomic E-state index is -0.431. The van der Waals surface area contributed by atoms with Crippen molar-refractivity contribution in [1.29, 1.82) is 0 Å². The van der Waals surface area contributed by atoms with Crippen molar-refractivity contribution in [3.63, 3.8) is 0 Å². The lowest BCUT2D eigenvalue weighted by Gasteiger charge is -2.43. The number of ether oxygens (including phenoxy) is 6. The Morgan fingerprint density at radius 2 is 1.78 bits per heavy atom. The van der Waals surface area contributed by atoms with Gasteiger partial charge in [0.25, 0.3) is 0 Å². The van der Waals surface area contributed by atoms with Gasteiger partial charge >= 0.3 is 6.03 Å². The number of halogens is 1. The molecular formula is C26H31IN2O7. The second-order valence-corrected chi connectivity index (χ2v) is 9.83. The maximum Gasteiger partial charge on any atom is 0.320 e. The summed E-state index contributed by atoms with van der Waals surface area (Å²) in [7, 11) is 4.88. The highest BCUT2D eigenvalue weighted by atomic mass is 127. The number of rotatable bonds is 6. The first-order chi connectivity index (χ1) is 17.5. The number of nitrogens with zero attached hydrogens (tertiary/aromatic N) is 2. The first-order valence-corrected chi connectivity index (χ1v) is 13.2. The number of benzene rings is 2. The third kappa shape index (κ3) is 3.71. The smallest absolute Gasteiger partial charge is 0.320 e. The van der Waals surface area contributed by atoms with Gasteiger partial charge in [0.1, 0.15) is 6.10 Å². The maximum absolute atomic E-state index is 13.8. The molecule has 2 aromatic rings. The number of hydrogen-bond acceptors (Lipinski definition) is 7. The van der Waals surface area contributed by atoms with Crippen LogP contribution in [0.1, 0.15) is 48.2 Å². The molecule has 10 heteroatoms. The topological polar surface area (TPSA) is 78.9 Å². The molecule has 2 atom stereocenters. The fourth-order valence-electron chi connectivity index (χ4n) is 5.56. The Hall–Kier alpha value is -2.60. The first kappa shape index (κ1) is 25.1. The molecule has 0 unspecified atom stereocenters. The number of urea groups is 1. The fourth-order valence-corrected chi connectivity index (χ4v) is 6.52. The molecule has 36 heavy (non-hydrogen) atoms. The highest BCUT2D eigenvalue weighted by Gasteiger charge is 2.47. The number of methoxy groups -OCH3 is 3. The molecule has 0 saturated heterocycles. The minimum absolute atomic E-state index is 0.0251. The van der Waals surface area contributed by atoms with Crippen LogP contribution in [0.15, 0.2) is 12.1 Å². The summed E-state index contributed by atoms with van der Waals surface area (Å²) in [6.45, 7) is 6.26. The third-order valence-corrected chi connectivity index (χ3v) is 8.40.